The first-order valence-corrected chi connectivity index (χ1v) is 8.76. The molecule has 1 heteroatoms. The molecule has 0 atom stereocenters. The van der Waals surface area contributed by atoms with Gasteiger partial charge in [-0.05, 0) is 38.5 Å². The van der Waals surface area contributed by atoms with Crippen LogP contribution in [-0.2, 0) is 4.74 Å². The number of unbranched alkanes of at least 4 members (excludes halogenated alkanes) is 4. The van der Waals surface area contributed by atoms with Gasteiger partial charge in [-0.1, -0.05) is 69.8 Å². The zero-order valence-electron chi connectivity index (χ0n) is 13.7. The van der Waals surface area contributed by atoms with E-state index in [0.717, 1.165) is 12.5 Å². The first-order chi connectivity index (χ1) is 9.86. The standard InChI is InChI=1S/C19H34O/c1-3-5-7-9-10-12-18-13-15-19(16-14-18)20-17-11-8-6-4-2/h4,6,8,11,18-19H,3,5,7,9-10,12-17H2,1-2H3. The van der Waals surface area contributed by atoms with E-state index in [2.05, 4.69) is 25.2 Å². The number of ether oxygens (including phenoxy) is 1. The first-order valence-electron chi connectivity index (χ1n) is 8.76. The molecule has 0 bridgehead atoms. The minimum atomic E-state index is 0.515. The molecule has 116 valence electrons. The molecule has 0 spiro atoms. The molecule has 1 nitrogen and oxygen atoms in total. The maximum absolute atomic E-state index is 5.91. The Morgan fingerprint density at radius 2 is 1.70 bits per heavy atom. The molecule has 1 saturated carbocycles. The topological polar surface area (TPSA) is 9.23 Å². The zero-order valence-corrected chi connectivity index (χ0v) is 13.7. The van der Waals surface area contributed by atoms with Crippen LogP contribution >= 0.6 is 0 Å². The van der Waals surface area contributed by atoms with E-state index < -0.39 is 0 Å². The molecule has 0 aromatic heterocycles. The summed E-state index contributed by atoms with van der Waals surface area (Å²) in [7, 11) is 0. The van der Waals surface area contributed by atoms with Gasteiger partial charge in [0.15, 0.2) is 0 Å². The molecule has 1 fully saturated rings. The van der Waals surface area contributed by atoms with Crippen molar-refractivity contribution in [2.24, 2.45) is 5.92 Å². The molecular weight excluding hydrogens is 244 g/mol. The van der Waals surface area contributed by atoms with Crippen molar-refractivity contribution in [1.29, 1.82) is 0 Å². The third-order valence-corrected chi connectivity index (χ3v) is 4.38. The van der Waals surface area contributed by atoms with Crippen LogP contribution in [0.15, 0.2) is 24.3 Å². The number of allylic oxidation sites excluding steroid dienone is 3. The Bertz CT molecular complexity index is 259. The summed E-state index contributed by atoms with van der Waals surface area (Å²) in [5.74, 6) is 0.982. The van der Waals surface area contributed by atoms with Gasteiger partial charge < -0.3 is 4.74 Å². The van der Waals surface area contributed by atoms with Crippen LogP contribution in [0.2, 0.25) is 0 Å². The Kier molecular flexibility index (Phi) is 10.7. The molecule has 0 aromatic carbocycles. The van der Waals surface area contributed by atoms with E-state index in [0.29, 0.717) is 6.10 Å². The Labute approximate surface area is 126 Å². The van der Waals surface area contributed by atoms with Crippen LogP contribution in [0.5, 0.6) is 0 Å². The largest absolute Gasteiger partial charge is 0.374 e. The van der Waals surface area contributed by atoms with Crippen molar-refractivity contribution < 1.29 is 4.74 Å². The number of rotatable bonds is 10. The third kappa shape index (κ3) is 8.58. The summed E-state index contributed by atoms with van der Waals surface area (Å²) in [5, 5.41) is 0. The summed E-state index contributed by atoms with van der Waals surface area (Å²) in [6, 6.07) is 0. The maximum Gasteiger partial charge on any atom is 0.0654 e. The molecule has 0 saturated heterocycles. The van der Waals surface area contributed by atoms with E-state index in [-0.39, 0.29) is 0 Å². The lowest BCUT2D eigenvalue weighted by molar-refractivity contribution is 0.0333. The average molecular weight is 278 g/mol. The lowest BCUT2D eigenvalue weighted by Gasteiger charge is -2.28. The SMILES string of the molecule is CC=CC=CCOC1CCC(CCCCCCC)CC1. The summed E-state index contributed by atoms with van der Waals surface area (Å²) in [6.45, 7) is 5.10. The fourth-order valence-corrected chi connectivity index (χ4v) is 3.06. The van der Waals surface area contributed by atoms with Crippen molar-refractivity contribution in [3.63, 3.8) is 0 Å². The summed E-state index contributed by atoms with van der Waals surface area (Å²) >= 11 is 0. The van der Waals surface area contributed by atoms with Crippen LogP contribution in [0, 0.1) is 5.92 Å². The fourth-order valence-electron chi connectivity index (χ4n) is 3.06. The molecule has 20 heavy (non-hydrogen) atoms. The molecular formula is C19H34O. The maximum atomic E-state index is 5.91. The molecule has 1 aliphatic rings. The van der Waals surface area contributed by atoms with Gasteiger partial charge >= 0.3 is 0 Å². The zero-order chi connectivity index (χ0) is 14.5. The van der Waals surface area contributed by atoms with Crippen LogP contribution in [0.1, 0.15) is 78.1 Å². The van der Waals surface area contributed by atoms with Gasteiger partial charge in [0, 0.05) is 0 Å². The van der Waals surface area contributed by atoms with Crippen molar-refractivity contribution in [2.45, 2.75) is 84.2 Å². The van der Waals surface area contributed by atoms with Crippen LogP contribution < -0.4 is 0 Å². The second kappa shape index (κ2) is 12.2. The molecule has 0 amide bonds. The van der Waals surface area contributed by atoms with Crippen LogP contribution in [0.4, 0.5) is 0 Å². The van der Waals surface area contributed by atoms with E-state index in [1.165, 1.54) is 64.2 Å². The molecule has 0 radical (unpaired) electrons. The van der Waals surface area contributed by atoms with E-state index in [1.54, 1.807) is 0 Å². The lowest BCUT2D eigenvalue weighted by Crippen LogP contribution is -2.21. The van der Waals surface area contributed by atoms with Crippen molar-refractivity contribution in [3.05, 3.63) is 24.3 Å². The Balaban J connectivity index is 1.99. The molecule has 1 rings (SSSR count). The van der Waals surface area contributed by atoms with Gasteiger partial charge in [0.1, 0.15) is 0 Å². The summed E-state index contributed by atoms with van der Waals surface area (Å²) in [6.07, 6.45) is 22.7. The highest BCUT2D eigenvalue weighted by Gasteiger charge is 2.20. The molecule has 0 N–H and O–H groups in total. The normalized spacial score (nSPS) is 23.9. The highest BCUT2D eigenvalue weighted by molar-refractivity contribution is 5.01. The van der Waals surface area contributed by atoms with Crippen molar-refractivity contribution >= 4 is 0 Å². The van der Waals surface area contributed by atoms with Crippen LogP contribution in [0.25, 0.3) is 0 Å². The average Bonchev–Trinajstić information content (AvgIpc) is 2.48. The van der Waals surface area contributed by atoms with Gasteiger partial charge in [-0.2, -0.15) is 0 Å². The summed E-state index contributed by atoms with van der Waals surface area (Å²) in [5.41, 5.74) is 0. The molecule has 1 aliphatic carbocycles. The van der Waals surface area contributed by atoms with E-state index in [9.17, 15) is 0 Å². The smallest absolute Gasteiger partial charge is 0.0654 e. The number of hydrogen-bond acceptors (Lipinski definition) is 1. The van der Waals surface area contributed by atoms with Gasteiger partial charge in [-0.3, -0.25) is 0 Å². The molecule has 0 heterocycles. The van der Waals surface area contributed by atoms with E-state index in [1.807, 2.05) is 13.0 Å². The number of hydrogen-bond donors (Lipinski definition) is 0. The van der Waals surface area contributed by atoms with E-state index in [4.69, 9.17) is 4.74 Å². The Hall–Kier alpha value is -0.560. The van der Waals surface area contributed by atoms with Crippen LogP contribution in [-0.4, -0.2) is 12.7 Å². The summed E-state index contributed by atoms with van der Waals surface area (Å²) in [4.78, 5) is 0. The molecule has 0 aliphatic heterocycles. The Morgan fingerprint density at radius 1 is 0.950 bits per heavy atom. The second-order valence-corrected chi connectivity index (χ2v) is 6.13. The van der Waals surface area contributed by atoms with E-state index >= 15 is 0 Å². The van der Waals surface area contributed by atoms with Crippen molar-refractivity contribution in [3.8, 4) is 0 Å². The first kappa shape index (κ1) is 17.5. The van der Waals surface area contributed by atoms with Gasteiger partial charge in [0.05, 0.1) is 12.7 Å². The predicted molar refractivity (Wildman–Crippen MR) is 89.0 cm³/mol. The van der Waals surface area contributed by atoms with Gasteiger partial charge in [-0.25, -0.2) is 0 Å². The van der Waals surface area contributed by atoms with Crippen molar-refractivity contribution in [1.82, 2.24) is 0 Å². The second-order valence-electron chi connectivity index (χ2n) is 6.13. The lowest BCUT2D eigenvalue weighted by atomic mass is 9.84. The minimum Gasteiger partial charge on any atom is -0.374 e. The quantitative estimate of drug-likeness (QED) is 0.349. The molecule has 0 aromatic rings. The van der Waals surface area contributed by atoms with Gasteiger partial charge in [0.25, 0.3) is 0 Å². The molecule has 0 unspecified atom stereocenters. The van der Waals surface area contributed by atoms with Gasteiger partial charge in [0.2, 0.25) is 0 Å². The fraction of sp³-hybridized carbons (Fsp3) is 0.789. The predicted octanol–water partition coefficient (Wildman–Crippen LogP) is 6.05. The highest BCUT2D eigenvalue weighted by Crippen LogP contribution is 2.30. The Morgan fingerprint density at radius 3 is 2.40 bits per heavy atom. The van der Waals surface area contributed by atoms with Crippen molar-refractivity contribution in [2.75, 3.05) is 6.61 Å². The van der Waals surface area contributed by atoms with Gasteiger partial charge in [-0.15, -0.1) is 0 Å². The minimum absolute atomic E-state index is 0.515. The van der Waals surface area contributed by atoms with Crippen LogP contribution in [0.3, 0.4) is 0 Å². The third-order valence-electron chi connectivity index (χ3n) is 4.38. The summed E-state index contributed by atoms with van der Waals surface area (Å²) < 4.78 is 5.91. The monoisotopic (exact) mass is 278 g/mol. The highest BCUT2D eigenvalue weighted by atomic mass is 16.5.